The van der Waals surface area contributed by atoms with E-state index in [9.17, 15) is 20.1 Å². The second-order valence-electron chi connectivity index (χ2n) is 5.42. The number of nitrogens with two attached hydrogens (primary N) is 1. The number of nitrogens with zero attached hydrogens (tertiary/aromatic N) is 3. The number of nitrogen functional groups attached to an aromatic ring is 1. The van der Waals surface area contributed by atoms with Crippen LogP contribution in [0.4, 0.5) is 5.82 Å². The Balaban J connectivity index is 2.24. The summed E-state index contributed by atoms with van der Waals surface area (Å²) in [5.41, 5.74) is 3.67. The van der Waals surface area contributed by atoms with Gasteiger partial charge in [0.25, 0.3) is 5.56 Å². The molecule has 9 nitrogen and oxygen atoms in total. The van der Waals surface area contributed by atoms with Gasteiger partial charge in [-0.25, -0.2) is 9.97 Å². The van der Waals surface area contributed by atoms with Crippen molar-refractivity contribution in [3.05, 3.63) is 28.8 Å². The zero-order valence-electron chi connectivity index (χ0n) is 11.7. The van der Waals surface area contributed by atoms with Crippen LogP contribution in [0, 0.1) is 0 Å². The molecule has 1 saturated heterocycles. The molecular weight excluding hydrogens is 292 g/mol. The van der Waals surface area contributed by atoms with Gasteiger partial charge in [0, 0.05) is 6.07 Å². The molecule has 2 aromatic rings. The Labute approximate surface area is 124 Å². The molecule has 9 heteroatoms. The number of aliphatic hydroxyl groups excluding tert-OH is 2. The largest absolute Gasteiger partial charge is 0.394 e. The molecule has 118 valence electrons. The maximum Gasteiger partial charge on any atom is 0.254 e. The minimum Gasteiger partial charge on any atom is -0.394 e. The van der Waals surface area contributed by atoms with Crippen molar-refractivity contribution in [2.75, 3.05) is 12.3 Å². The highest BCUT2D eigenvalue weighted by atomic mass is 16.6. The van der Waals surface area contributed by atoms with Gasteiger partial charge in [0.05, 0.1) is 12.0 Å². The van der Waals surface area contributed by atoms with Gasteiger partial charge in [0.15, 0.2) is 11.9 Å². The molecule has 2 aromatic heterocycles. The quantitative estimate of drug-likeness (QED) is 0.518. The third kappa shape index (κ3) is 1.98. The molecule has 0 radical (unpaired) electrons. The van der Waals surface area contributed by atoms with Crippen LogP contribution < -0.4 is 11.3 Å². The molecule has 4 atom stereocenters. The van der Waals surface area contributed by atoms with Gasteiger partial charge < -0.3 is 25.8 Å². The van der Waals surface area contributed by atoms with Crippen LogP contribution in [0.3, 0.4) is 0 Å². The number of pyridine rings is 1. The van der Waals surface area contributed by atoms with Gasteiger partial charge in [-0.3, -0.25) is 9.36 Å². The number of anilines is 1. The first-order valence-corrected chi connectivity index (χ1v) is 6.66. The lowest BCUT2D eigenvalue weighted by Crippen LogP contribution is -2.46. The van der Waals surface area contributed by atoms with Gasteiger partial charge in [-0.2, -0.15) is 0 Å². The monoisotopic (exact) mass is 308 g/mol. The molecule has 4 unspecified atom stereocenters. The third-order valence-corrected chi connectivity index (χ3v) is 3.92. The highest BCUT2D eigenvalue weighted by Crippen LogP contribution is 2.38. The number of ether oxygens (including phenoxy) is 1. The van der Waals surface area contributed by atoms with E-state index in [4.69, 9.17) is 10.5 Å². The van der Waals surface area contributed by atoms with Crippen molar-refractivity contribution in [1.82, 2.24) is 14.5 Å². The number of aliphatic hydroxyl groups is 3. The molecule has 5 N–H and O–H groups in total. The van der Waals surface area contributed by atoms with E-state index in [1.807, 2.05) is 0 Å². The predicted molar refractivity (Wildman–Crippen MR) is 75.8 cm³/mol. The van der Waals surface area contributed by atoms with Crippen molar-refractivity contribution in [2.45, 2.75) is 31.0 Å². The van der Waals surface area contributed by atoms with Crippen molar-refractivity contribution >= 4 is 16.9 Å². The molecule has 1 aliphatic rings. The van der Waals surface area contributed by atoms with Crippen LogP contribution in [0.2, 0.25) is 0 Å². The molecule has 0 amide bonds. The number of aromatic nitrogens is 3. The number of rotatable bonds is 2. The first kappa shape index (κ1) is 14.9. The topological polar surface area (TPSA) is 144 Å². The molecule has 0 spiro atoms. The van der Waals surface area contributed by atoms with Crippen LogP contribution in [-0.2, 0) is 4.74 Å². The van der Waals surface area contributed by atoms with E-state index in [1.165, 1.54) is 25.4 Å². The van der Waals surface area contributed by atoms with Crippen molar-refractivity contribution in [3.63, 3.8) is 0 Å². The lowest BCUT2D eigenvalue weighted by Gasteiger charge is -2.28. The van der Waals surface area contributed by atoms with Crippen LogP contribution in [0.1, 0.15) is 13.2 Å². The number of hydrogen-bond acceptors (Lipinski definition) is 8. The van der Waals surface area contributed by atoms with Crippen LogP contribution in [0.5, 0.6) is 0 Å². The summed E-state index contributed by atoms with van der Waals surface area (Å²) in [5.74, 6) is 0.177. The SMILES string of the molecule is CC1(O)C(O)C(CO)OC1n1c(=O)ccc2c(N)ncnc21. The minimum atomic E-state index is -1.79. The highest BCUT2D eigenvalue weighted by molar-refractivity contribution is 5.85. The molecule has 3 heterocycles. The normalized spacial score (nSPS) is 31.7. The first-order chi connectivity index (χ1) is 10.4. The summed E-state index contributed by atoms with van der Waals surface area (Å²) in [7, 11) is 0. The van der Waals surface area contributed by atoms with Crippen molar-refractivity contribution in [1.29, 1.82) is 0 Å². The molecule has 0 saturated carbocycles. The molecule has 1 fully saturated rings. The Kier molecular flexibility index (Phi) is 3.37. The van der Waals surface area contributed by atoms with Crippen molar-refractivity contribution < 1.29 is 20.1 Å². The average molecular weight is 308 g/mol. The van der Waals surface area contributed by atoms with E-state index in [-0.39, 0.29) is 11.5 Å². The van der Waals surface area contributed by atoms with Gasteiger partial charge in [-0.15, -0.1) is 0 Å². The summed E-state index contributed by atoms with van der Waals surface area (Å²) in [5, 5.41) is 30.2. The molecular formula is C13H16N4O5. The lowest BCUT2D eigenvalue weighted by molar-refractivity contribution is -0.0963. The zero-order valence-corrected chi connectivity index (χ0v) is 11.7. The average Bonchev–Trinajstić information content (AvgIpc) is 2.70. The van der Waals surface area contributed by atoms with Gasteiger partial charge in [-0.1, -0.05) is 0 Å². The minimum absolute atomic E-state index is 0.177. The van der Waals surface area contributed by atoms with Crippen LogP contribution in [-0.4, -0.2) is 54.3 Å². The van der Waals surface area contributed by atoms with Crippen LogP contribution >= 0.6 is 0 Å². The fraction of sp³-hybridized carbons (Fsp3) is 0.462. The molecule has 3 rings (SSSR count). The van der Waals surface area contributed by atoms with Gasteiger partial charge in [-0.05, 0) is 13.0 Å². The van der Waals surface area contributed by atoms with Crippen molar-refractivity contribution in [3.8, 4) is 0 Å². The fourth-order valence-corrected chi connectivity index (χ4v) is 2.68. The van der Waals surface area contributed by atoms with E-state index < -0.39 is 36.2 Å². The maximum atomic E-state index is 12.2. The standard InChI is InChI=1S/C13H16N4O5/c1-13(21)9(20)7(4-18)22-12(13)17-8(19)3-2-6-10(14)15-5-16-11(6)17/h2-3,5,7,9,12,18,20-21H,4H2,1H3,(H2,14,15,16). The highest BCUT2D eigenvalue weighted by Gasteiger charge is 2.53. The predicted octanol–water partition coefficient (Wildman–Crippen LogP) is -1.62. The Morgan fingerprint density at radius 2 is 2.18 bits per heavy atom. The fourth-order valence-electron chi connectivity index (χ4n) is 2.68. The Bertz CT molecular complexity index is 775. The summed E-state index contributed by atoms with van der Waals surface area (Å²) in [4.78, 5) is 20.1. The lowest BCUT2D eigenvalue weighted by atomic mass is 9.96. The summed E-state index contributed by atoms with van der Waals surface area (Å²) in [6.07, 6.45) is -2.40. The molecule has 0 aliphatic carbocycles. The Morgan fingerprint density at radius 3 is 2.82 bits per heavy atom. The van der Waals surface area contributed by atoms with E-state index in [2.05, 4.69) is 9.97 Å². The van der Waals surface area contributed by atoms with Gasteiger partial charge >= 0.3 is 0 Å². The van der Waals surface area contributed by atoms with E-state index in [0.29, 0.717) is 5.39 Å². The third-order valence-electron chi connectivity index (χ3n) is 3.92. The molecule has 0 bridgehead atoms. The van der Waals surface area contributed by atoms with Crippen LogP contribution in [0.25, 0.3) is 11.0 Å². The first-order valence-electron chi connectivity index (χ1n) is 6.66. The van der Waals surface area contributed by atoms with Crippen molar-refractivity contribution in [2.24, 2.45) is 0 Å². The summed E-state index contributed by atoms with van der Waals surface area (Å²) in [6, 6.07) is 2.73. The van der Waals surface area contributed by atoms with Gasteiger partial charge in [0.1, 0.15) is 30.0 Å². The number of hydrogen-bond donors (Lipinski definition) is 4. The Hall–Kier alpha value is -2.07. The summed E-state index contributed by atoms with van der Waals surface area (Å²) in [6.45, 7) is 0.832. The summed E-state index contributed by atoms with van der Waals surface area (Å²) >= 11 is 0. The molecule has 1 aliphatic heterocycles. The summed E-state index contributed by atoms with van der Waals surface area (Å²) < 4.78 is 6.57. The zero-order chi connectivity index (χ0) is 16.1. The maximum absolute atomic E-state index is 12.2. The second-order valence-corrected chi connectivity index (χ2v) is 5.42. The van der Waals surface area contributed by atoms with E-state index in [1.54, 1.807) is 0 Å². The number of fused-ring (bicyclic) bond motifs is 1. The second kappa shape index (κ2) is 4.99. The smallest absolute Gasteiger partial charge is 0.254 e. The van der Waals surface area contributed by atoms with Crippen LogP contribution in [0.15, 0.2) is 23.3 Å². The Morgan fingerprint density at radius 1 is 1.45 bits per heavy atom. The molecule has 0 aromatic carbocycles. The van der Waals surface area contributed by atoms with E-state index >= 15 is 0 Å². The van der Waals surface area contributed by atoms with Gasteiger partial charge in [0.2, 0.25) is 0 Å². The van der Waals surface area contributed by atoms with E-state index in [0.717, 1.165) is 4.57 Å². The molecule has 22 heavy (non-hydrogen) atoms.